The number of hydrogen-bond donors (Lipinski definition) is 1. The number of thiophene rings is 1. The van der Waals surface area contributed by atoms with Gasteiger partial charge in [0.25, 0.3) is 0 Å². The van der Waals surface area contributed by atoms with Crippen LogP contribution in [0.2, 0.25) is 0 Å². The molecule has 0 fully saturated rings. The summed E-state index contributed by atoms with van der Waals surface area (Å²) in [6.07, 6.45) is 1.16. The molecule has 12 heavy (non-hydrogen) atoms. The molecule has 1 rings (SSSR count). The van der Waals surface area contributed by atoms with Crippen LogP contribution in [0.3, 0.4) is 0 Å². The van der Waals surface area contributed by atoms with E-state index in [0.29, 0.717) is 0 Å². The monoisotopic (exact) mass is 217 g/mol. The Balaban J connectivity index is 2.27. The third-order valence-electron chi connectivity index (χ3n) is 1.18. The third kappa shape index (κ3) is 3.56. The van der Waals surface area contributed by atoms with Gasteiger partial charge in [-0.05, 0) is 29.7 Å². The summed E-state index contributed by atoms with van der Waals surface area (Å²) in [5, 5.41) is 6.34. The van der Waals surface area contributed by atoms with E-state index in [1.807, 2.05) is 17.5 Å². The smallest absolute Gasteiger partial charge is 0.138 e. The van der Waals surface area contributed by atoms with Crippen LogP contribution in [0.5, 0.6) is 0 Å². The van der Waals surface area contributed by atoms with Crippen molar-refractivity contribution in [1.82, 2.24) is 0 Å². The summed E-state index contributed by atoms with van der Waals surface area (Å²) >= 11 is 8.50. The number of thioether (sulfide) groups is 1. The molecule has 4 heteroatoms. The molecule has 0 bridgehead atoms. The molecule has 1 aromatic heterocycles. The molecule has 0 aliphatic heterocycles. The number of nitrogens with one attached hydrogen (secondary N) is 1. The molecule has 0 amide bonds. The first-order chi connectivity index (χ1) is 5.83. The average Bonchev–Trinajstić information content (AvgIpc) is 2.53. The zero-order valence-electron chi connectivity index (χ0n) is 6.87. The van der Waals surface area contributed by atoms with E-state index < -0.39 is 0 Å². The first-order valence-electron chi connectivity index (χ1n) is 3.80. The number of anilines is 1. The Morgan fingerprint density at radius 3 is 3.17 bits per heavy atom. The van der Waals surface area contributed by atoms with Gasteiger partial charge < -0.3 is 5.32 Å². The highest BCUT2D eigenvalue weighted by Gasteiger charge is 1.97. The molecule has 0 spiro atoms. The van der Waals surface area contributed by atoms with Crippen LogP contribution in [-0.4, -0.2) is 10.1 Å². The van der Waals surface area contributed by atoms with Gasteiger partial charge in [-0.2, -0.15) is 0 Å². The van der Waals surface area contributed by atoms with Crippen molar-refractivity contribution in [3.05, 3.63) is 17.5 Å². The molecular formula is C8H11NS3. The molecule has 1 aromatic rings. The highest BCUT2D eigenvalue weighted by atomic mass is 32.2. The summed E-state index contributed by atoms with van der Waals surface area (Å²) in [6.45, 7) is 2.15. The molecule has 0 aromatic carbocycles. The van der Waals surface area contributed by atoms with E-state index in [1.165, 1.54) is 0 Å². The molecule has 0 aliphatic rings. The topological polar surface area (TPSA) is 12.0 Å². The Labute approximate surface area is 86.6 Å². The van der Waals surface area contributed by atoms with Crippen molar-refractivity contribution in [2.24, 2.45) is 0 Å². The van der Waals surface area contributed by atoms with Crippen LogP contribution in [0, 0.1) is 0 Å². The molecule has 0 radical (unpaired) electrons. The Hall–Kier alpha value is -0.0600. The third-order valence-corrected chi connectivity index (χ3v) is 3.40. The molecule has 1 heterocycles. The highest BCUT2D eigenvalue weighted by Crippen LogP contribution is 2.17. The number of thiocarbonyl (C=S) groups is 1. The van der Waals surface area contributed by atoms with E-state index >= 15 is 0 Å². The van der Waals surface area contributed by atoms with Crippen LogP contribution in [0.25, 0.3) is 0 Å². The summed E-state index contributed by atoms with van der Waals surface area (Å²) in [6, 6.07) is 4.05. The second-order valence-corrected chi connectivity index (χ2v) is 4.96. The molecule has 0 saturated carbocycles. The van der Waals surface area contributed by atoms with Crippen molar-refractivity contribution < 1.29 is 0 Å². The molecule has 0 saturated heterocycles. The van der Waals surface area contributed by atoms with E-state index in [9.17, 15) is 0 Å². The Kier molecular flexibility index (Phi) is 4.65. The number of hydrogen-bond acceptors (Lipinski definition) is 3. The summed E-state index contributed by atoms with van der Waals surface area (Å²) in [5.41, 5.74) is 0. The molecule has 66 valence electrons. The van der Waals surface area contributed by atoms with Crippen LogP contribution in [0.15, 0.2) is 17.5 Å². The first kappa shape index (κ1) is 10.0. The van der Waals surface area contributed by atoms with Crippen LogP contribution in [0.4, 0.5) is 5.00 Å². The summed E-state index contributed by atoms with van der Waals surface area (Å²) < 4.78 is 0.874. The Bertz CT molecular complexity index is 230. The van der Waals surface area contributed by atoms with Crippen LogP contribution in [0.1, 0.15) is 13.3 Å². The fourth-order valence-corrected chi connectivity index (χ4v) is 2.36. The van der Waals surface area contributed by atoms with Crippen LogP contribution < -0.4 is 5.32 Å². The van der Waals surface area contributed by atoms with Crippen molar-refractivity contribution >= 4 is 44.6 Å². The molecule has 0 aliphatic carbocycles. The van der Waals surface area contributed by atoms with Crippen molar-refractivity contribution in [2.75, 3.05) is 11.1 Å². The predicted molar refractivity (Wildman–Crippen MR) is 63.3 cm³/mol. The second-order valence-electron chi connectivity index (χ2n) is 2.24. The lowest BCUT2D eigenvalue weighted by atomic mass is 10.6. The van der Waals surface area contributed by atoms with Crippen LogP contribution in [-0.2, 0) is 0 Å². The van der Waals surface area contributed by atoms with Crippen molar-refractivity contribution in [3.63, 3.8) is 0 Å². The zero-order valence-corrected chi connectivity index (χ0v) is 9.32. The molecule has 1 nitrogen and oxygen atoms in total. The largest absolute Gasteiger partial charge is 0.333 e. The van der Waals surface area contributed by atoms with Gasteiger partial charge in [0, 0.05) is 0 Å². The lowest BCUT2D eigenvalue weighted by Gasteiger charge is -2.02. The fourth-order valence-electron chi connectivity index (χ4n) is 0.681. The maximum atomic E-state index is 5.13. The van der Waals surface area contributed by atoms with Gasteiger partial charge in [-0.15, -0.1) is 11.3 Å². The minimum atomic E-state index is 0.874. The molecular weight excluding hydrogens is 206 g/mol. The maximum absolute atomic E-state index is 5.13. The van der Waals surface area contributed by atoms with Crippen molar-refractivity contribution in [2.45, 2.75) is 13.3 Å². The molecule has 1 N–H and O–H groups in total. The summed E-state index contributed by atoms with van der Waals surface area (Å²) in [5.74, 6) is 1.09. The first-order valence-corrected chi connectivity index (χ1v) is 6.07. The summed E-state index contributed by atoms with van der Waals surface area (Å²) in [4.78, 5) is 0. The van der Waals surface area contributed by atoms with Gasteiger partial charge in [0.05, 0.1) is 5.00 Å². The SMILES string of the molecule is CCCSC(=S)Nc1cccs1. The average molecular weight is 217 g/mol. The summed E-state index contributed by atoms with van der Waals surface area (Å²) in [7, 11) is 0. The van der Waals surface area contributed by atoms with Gasteiger partial charge in [0.1, 0.15) is 4.32 Å². The molecule has 0 unspecified atom stereocenters. The second kappa shape index (κ2) is 5.56. The van der Waals surface area contributed by atoms with Gasteiger partial charge >= 0.3 is 0 Å². The Morgan fingerprint density at radius 1 is 1.75 bits per heavy atom. The van der Waals surface area contributed by atoms with Gasteiger partial charge in [-0.25, -0.2) is 0 Å². The minimum absolute atomic E-state index is 0.874. The lowest BCUT2D eigenvalue weighted by molar-refractivity contribution is 1.11. The minimum Gasteiger partial charge on any atom is -0.333 e. The fraction of sp³-hybridized carbons (Fsp3) is 0.375. The van der Waals surface area contributed by atoms with Gasteiger partial charge in [0.2, 0.25) is 0 Å². The Morgan fingerprint density at radius 2 is 2.58 bits per heavy atom. The molecule has 0 atom stereocenters. The highest BCUT2D eigenvalue weighted by molar-refractivity contribution is 8.23. The van der Waals surface area contributed by atoms with E-state index in [2.05, 4.69) is 12.2 Å². The van der Waals surface area contributed by atoms with Gasteiger partial charge in [-0.3, -0.25) is 0 Å². The van der Waals surface area contributed by atoms with Gasteiger partial charge in [-0.1, -0.05) is 30.9 Å². The van der Waals surface area contributed by atoms with Crippen molar-refractivity contribution in [3.8, 4) is 0 Å². The van der Waals surface area contributed by atoms with E-state index in [-0.39, 0.29) is 0 Å². The van der Waals surface area contributed by atoms with E-state index in [4.69, 9.17) is 12.2 Å². The predicted octanol–water partition coefficient (Wildman–Crippen LogP) is 3.59. The normalized spacial score (nSPS) is 9.75. The quantitative estimate of drug-likeness (QED) is 0.777. The standard InChI is InChI=1S/C8H11NS3/c1-2-5-12-8(10)9-7-4-3-6-11-7/h3-4,6H,2,5H2,1H3,(H,9,10). The lowest BCUT2D eigenvalue weighted by Crippen LogP contribution is -2.03. The maximum Gasteiger partial charge on any atom is 0.138 e. The van der Waals surface area contributed by atoms with E-state index in [0.717, 1.165) is 21.5 Å². The number of rotatable bonds is 3. The van der Waals surface area contributed by atoms with Crippen molar-refractivity contribution in [1.29, 1.82) is 0 Å². The van der Waals surface area contributed by atoms with Crippen LogP contribution >= 0.6 is 35.3 Å². The van der Waals surface area contributed by atoms with E-state index in [1.54, 1.807) is 23.1 Å². The zero-order chi connectivity index (χ0) is 8.81. The van der Waals surface area contributed by atoms with Gasteiger partial charge in [0.15, 0.2) is 0 Å².